The smallest absolute Gasteiger partial charge is 0.264 e. The molecule has 0 aliphatic carbocycles. The number of hydrogen-bond acceptors (Lipinski definition) is 3. The van der Waals surface area contributed by atoms with Gasteiger partial charge in [0.1, 0.15) is 0 Å². The summed E-state index contributed by atoms with van der Waals surface area (Å²) in [6, 6.07) is 15.3. The van der Waals surface area contributed by atoms with E-state index in [4.69, 9.17) is 5.73 Å². The van der Waals surface area contributed by atoms with Crippen molar-refractivity contribution in [2.24, 2.45) is 0 Å². The summed E-state index contributed by atoms with van der Waals surface area (Å²) < 4.78 is 26.5. The van der Waals surface area contributed by atoms with Gasteiger partial charge in [-0.15, -0.1) is 0 Å². The Balaban J connectivity index is 2.48. The van der Waals surface area contributed by atoms with Crippen molar-refractivity contribution in [3.8, 4) is 0 Å². The molecule has 2 N–H and O–H groups in total. The number of anilines is 2. The fourth-order valence-corrected chi connectivity index (χ4v) is 3.42. The molecule has 0 aliphatic rings. The monoisotopic (exact) mass is 276 g/mol. The van der Waals surface area contributed by atoms with Crippen LogP contribution < -0.4 is 10.0 Å². The lowest BCUT2D eigenvalue weighted by Gasteiger charge is -2.22. The Morgan fingerprint density at radius 2 is 1.74 bits per heavy atom. The van der Waals surface area contributed by atoms with Crippen molar-refractivity contribution in [3.05, 3.63) is 54.6 Å². The van der Waals surface area contributed by atoms with Gasteiger partial charge in [-0.05, 0) is 37.3 Å². The highest BCUT2D eigenvalue weighted by Crippen LogP contribution is 2.24. The van der Waals surface area contributed by atoms with Crippen molar-refractivity contribution in [1.29, 1.82) is 0 Å². The molecule has 0 amide bonds. The molecule has 2 rings (SSSR count). The summed E-state index contributed by atoms with van der Waals surface area (Å²) in [6.45, 7) is 2.16. The fourth-order valence-electron chi connectivity index (χ4n) is 1.89. The standard InChI is InChI=1S/C14H16N2O2S/c1-2-16(13-8-4-3-5-9-13)19(17,18)14-10-6-7-12(15)11-14/h3-11H,2,15H2,1H3. The third kappa shape index (κ3) is 2.71. The summed E-state index contributed by atoms with van der Waals surface area (Å²) >= 11 is 0. The summed E-state index contributed by atoms with van der Waals surface area (Å²) in [5, 5.41) is 0. The predicted octanol–water partition coefficient (Wildman–Crippen LogP) is 2.48. The molecular weight excluding hydrogens is 260 g/mol. The van der Waals surface area contributed by atoms with E-state index in [1.165, 1.54) is 10.4 Å². The van der Waals surface area contributed by atoms with Crippen LogP contribution in [0.3, 0.4) is 0 Å². The minimum absolute atomic E-state index is 0.207. The third-order valence-electron chi connectivity index (χ3n) is 2.78. The van der Waals surface area contributed by atoms with Crippen LogP contribution in [0, 0.1) is 0 Å². The average molecular weight is 276 g/mol. The van der Waals surface area contributed by atoms with Crippen LogP contribution in [0.2, 0.25) is 0 Å². The van der Waals surface area contributed by atoms with Crippen LogP contribution in [0.4, 0.5) is 11.4 Å². The van der Waals surface area contributed by atoms with Gasteiger partial charge in [-0.1, -0.05) is 24.3 Å². The summed E-state index contributed by atoms with van der Waals surface area (Å²) in [5.74, 6) is 0. The first-order valence-corrected chi connectivity index (χ1v) is 7.43. The van der Waals surface area contributed by atoms with E-state index in [0.717, 1.165) is 0 Å². The van der Waals surface area contributed by atoms with Crippen molar-refractivity contribution < 1.29 is 8.42 Å². The summed E-state index contributed by atoms with van der Waals surface area (Å²) in [4.78, 5) is 0.207. The minimum Gasteiger partial charge on any atom is -0.399 e. The zero-order chi connectivity index (χ0) is 13.9. The van der Waals surface area contributed by atoms with E-state index in [-0.39, 0.29) is 4.90 Å². The maximum Gasteiger partial charge on any atom is 0.264 e. The highest BCUT2D eigenvalue weighted by molar-refractivity contribution is 7.92. The maximum atomic E-state index is 12.6. The molecule has 0 radical (unpaired) electrons. The van der Waals surface area contributed by atoms with Gasteiger partial charge in [0.05, 0.1) is 10.6 Å². The molecule has 19 heavy (non-hydrogen) atoms. The molecule has 0 atom stereocenters. The molecule has 0 saturated heterocycles. The van der Waals surface area contributed by atoms with Crippen LogP contribution >= 0.6 is 0 Å². The van der Waals surface area contributed by atoms with Crippen molar-refractivity contribution >= 4 is 21.4 Å². The minimum atomic E-state index is -3.57. The van der Waals surface area contributed by atoms with Gasteiger partial charge >= 0.3 is 0 Å². The van der Waals surface area contributed by atoms with Crippen molar-refractivity contribution in [3.63, 3.8) is 0 Å². The fraction of sp³-hybridized carbons (Fsp3) is 0.143. The predicted molar refractivity (Wildman–Crippen MR) is 77.5 cm³/mol. The van der Waals surface area contributed by atoms with E-state index in [1.807, 2.05) is 18.2 Å². The van der Waals surface area contributed by atoms with Crippen LogP contribution in [0.25, 0.3) is 0 Å². The molecule has 0 aliphatic heterocycles. The molecule has 0 unspecified atom stereocenters. The number of hydrogen-bond donors (Lipinski definition) is 1. The molecule has 5 heteroatoms. The molecule has 0 bridgehead atoms. The normalized spacial score (nSPS) is 11.2. The molecular formula is C14H16N2O2S. The Bertz CT molecular complexity index is 654. The highest BCUT2D eigenvalue weighted by atomic mass is 32.2. The molecule has 0 spiro atoms. The first-order valence-electron chi connectivity index (χ1n) is 5.99. The average Bonchev–Trinajstić information content (AvgIpc) is 2.40. The number of nitrogens with two attached hydrogens (primary N) is 1. The number of benzene rings is 2. The number of sulfonamides is 1. The number of nitrogen functional groups attached to an aromatic ring is 1. The topological polar surface area (TPSA) is 63.4 Å². The molecule has 0 saturated carbocycles. The SMILES string of the molecule is CCN(c1ccccc1)S(=O)(=O)c1cccc(N)c1. The van der Waals surface area contributed by atoms with Gasteiger partial charge in [0.25, 0.3) is 10.0 Å². The van der Waals surface area contributed by atoms with E-state index in [1.54, 1.807) is 37.3 Å². The Kier molecular flexibility index (Phi) is 3.76. The van der Waals surface area contributed by atoms with Crippen LogP contribution in [-0.2, 0) is 10.0 Å². The Labute approximate surface area is 113 Å². The van der Waals surface area contributed by atoms with Crippen molar-refractivity contribution in [1.82, 2.24) is 0 Å². The zero-order valence-electron chi connectivity index (χ0n) is 10.7. The second-order valence-electron chi connectivity index (χ2n) is 4.08. The molecule has 2 aromatic rings. The Hall–Kier alpha value is -2.01. The summed E-state index contributed by atoms with van der Waals surface area (Å²) in [5.41, 5.74) is 6.73. The van der Waals surface area contributed by atoms with Gasteiger partial charge in [-0.3, -0.25) is 4.31 Å². The number of rotatable bonds is 4. The summed E-state index contributed by atoms with van der Waals surface area (Å²) in [6.07, 6.45) is 0. The van der Waals surface area contributed by atoms with Crippen molar-refractivity contribution in [2.75, 3.05) is 16.6 Å². The first kappa shape index (κ1) is 13.4. The van der Waals surface area contributed by atoms with E-state index in [9.17, 15) is 8.42 Å². The summed E-state index contributed by atoms with van der Waals surface area (Å²) in [7, 11) is -3.57. The van der Waals surface area contributed by atoms with Crippen LogP contribution in [0.1, 0.15) is 6.92 Å². The highest BCUT2D eigenvalue weighted by Gasteiger charge is 2.23. The van der Waals surface area contributed by atoms with Gasteiger partial charge in [-0.2, -0.15) is 0 Å². The lowest BCUT2D eigenvalue weighted by atomic mass is 10.3. The molecule has 100 valence electrons. The zero-order valence-corrected chi connectivity index (χ0v) is 11.5. The quantitative estimate of drug-likeness (QED) is 0.873. The molecule has 0 heterocycles. The third-order valence-corrected chi connectivity index (χ3v) is 4.68. The van der Waals surface area contributed by atoms with E-state index < -0.39 is 10.0 Å². The van der Waals surface area contributed by atoms with E-state index in [2.05, 4.69) is 0 Å². The van der Waals surface area contributed by atoms with Crippen LogP contribution in [0.15, 0.2) is 59.5 Å². The van der Waals surface area contributed by atoms with Gasteiger partial charge in [0.15, 0.2) is 0 Å². The number of para-hydroxylation sites is 1. The lowest BCUT2D eigenvalue weighted by Crippen LogP contribution is -2.30. The largest absolute Gasteiger partial charge is 0.399 e. The maximum absolute atomic E-state index is 12.6. The molecule has 4 nitrogen and oxygen atoms in total. The van der Waals surface area contributed by atoms with E-state index >= 15 is 0 Å². The second-order valence-corrected chi connectivity index (χ2v) is 5.94. The number of nitrogens with zero attached hydrogens (tertiary/aromatic N) is 1. The van der Waals surface area contributed by atoms with Crippen LogP contribution in [-0.4, -0.2) is 15.0 Å². The van der Waals surface area contributed by atoms with Gasteiger partial charge in [-0.25, -0.2) is 8.42 Å². The second kappa shape index (κ2) is 5.32. The first-order chi connectivity index (χ1) is 9.05. The molecule has 0 fully saturated rings. The van der Waals surface area contributed by atoms with Gasteiger partial charge in [0.2, 0.25) is 0 Å². The molecule has 2 aromatic carbocycles. The van der Waals surface area contributed by atoms with Gasteiger partial charge < -0.3 is 5.73 Å². The lowest BCUT2D eigenvalue weighted by molar-refractivity contribution is 0.592. The Morgan fingerprint density at radius 3 is 2.32 bits per heavy atom. The molecule has 0 aromatic heterocycles. The van der Waals surface area contributed by atoms with Gasteiger partial charge in [0, 0.05) is 12.2 Å². The van der Waals surface area contributed by atoms with E-state index in [0.29, 0.717) is 17.9 Å². The van der Waals surface area contributed by atoms with Crippen LogP contribution in [0.5, 0.6) is 0 Å². The Morgan fingerprint density at radius 1 is 1.05 bits per heavy atom. The van der Waals surface area contributed by atoms with Crippen molar-refractivity contribution in [2.45, 2.75) is 11.8 Å².